The molecule has 5 heteroatoms. The van der Waals surface area contributed by atoms with Crippen molar-refractivity contribution in [2.45, 2.75) is 13.0 Å². The largest absolute Gasteiger partial charge is 0.369 e. The molecule has 18 heavy (non-hydrogen) atoms. The van der Waals surface area contributed by atoms with Gasteiger partial charge in [0.25, 0.3) is 0 Å². The van der Waals surface area contributed by atoms with Crippen LogP contribution in [0.25, 0.3) is 0 Å². The van der Waals surface area contributed by atoms with Crippen molar-refractivity contribution in [2.24, 2.45) is 5.73 Å². The van der Waals surface area contributed by atoms with E-state index in [0.29, 0.717) is 13.1 Å². The Morgan fingerprint density at radius 1 is 1.44 bits per heavy atom. The number of rotatable bonds is 5. The summed E-state index contributed by atoms with van der Waals surface area (Å²) in [6.07, 6.45) is 0.814. The SMILES string of the molecule is CN(Cc1csc(CCN)n1)c1cccc(F)c1. The predicted molar refractivity (Wildman–Crippen MR) is 73.4 cm³/mol. The zero-order valence-corrected chi connectivity index (χ0v) is 11.1. The molecule has 0 saturated carbocycles. The number of nitrogens with two attached hydrogens (primary N) is 1. The number of aromatic nitrogens is 1. The zero-order valence-electron chi connectivity index (χ0n) is 10.3. The normalized spacial score (nSPS) is 10.6. The summed E-state index contributed by atoms with van der Waals surface area (Å²) in [5, 5.41) is 3.08. The average Bonchev–Trinajstić information content (AvgIpc) is 2.77. The molecule has 0 spiro atoms. The molecule has 0 unspecified atom stereocenters. The first-order valence-corrected chi connectivity index (χ1v) is 6.67. The van der Waals surface area contributed by atoms with E-state index >= 15 is 0 Å². The molecule has 1 heterocycles. The summed E-state index contributed by atoms with van der Waals surface area (Å²) in [6.45, 7) is 1.29. The molecule has 0 radical (unpaired) electrons. The molecule has 0 aliphatic heterocycles. The quantitative estimate of drug-likeness (QED) is 0.902. The van der Waals surface area contributed by atoms with Gasteiger partial charge in [-0.25, -0.2) is 9.37 Å². The molecule has 0 aliphatic carbocycles. The van der Waals surface area contributed by atoms with Crippen molar-refractivity contribution in [1.82, 2.24) is 4.98 Å². The molecule has 2 aromatic rings. The minimum absolute atomic E-state index is 0.221. The maximum Gasteiger partial charge on any atom is 0.125 e. The van der Waals surface area contributed by atoms with Crippen LogP contribution >= 0.6 is 11.3 Å². The van der Waals surface area contributed by atoms with Crippen molar-refractivity contribution in [1.29, 1.82) is 0 Å². The molecule has 0 atom stereocenters. The molecule has 3 nitrogen and oxygen atoms in total. The Bertz CT molecular complexity index is 512. The standard InChI is InChI=1S/C13H16FN3S/c1-17(12-4-2-3-10(14)7-12)8-11-9-18-13(16-11)5-6-15/h2-4,7,9H,5-6,8,15H2,1H3. The van der Waals surface area contributed by atoms with Crippen molar-refractivity contribution >= 4 is 17.0 Å². The van der Waals surface area contributed by atoms with Crippen LogP contribution in [0.15, 0.2) is 29.6 Å². The van der Waals surface area contributed by atoms with Crippen molar-refractivity contribution in [3.8, 4) is 0 Å². The first kappa shape index (κ1) is 13.0. The van der Waals surface area contributed by atoms with Crippen LogP contribution in [0.4, 0.5) is 10.1 Å². The summed E-state index contributed by atoms with van der Waals surface area (Å²) in [6, 6.07) is 6.56. The Balaban J connectivity index is 2.04. The maximum absolute atomic E-state index is 13.1. The van der Waals surface area contributed by atoms with Crippen LogP contribution < -0.4 is 10.6 Å². The average molecular weight is 265 g/mol. The molecule has 0 aliphatic rings. The van der Waals surface area contributed by atoms with Crippen molar-refractivity contribution in [3.63, 3.8) is 0 Å². The molecule has 0 fully saturated rings. The Labute approximate surface area is 110 Å². The van der Waals surface area contributed by atoms with E-state index in [9.17, 15) is 4.39 Å². The van der Waals surface area contributed by atoms with Gasteiger partial charge in [-0.2, -0.15) is 0 Å². The fourth-order valence-electron chi connectivity index (χ4n) is 1.71. The second-order valence-electron chi connectivity index (χ2n) is 4.11. The van der Waals surface area contributed by atoms with Gasteiger partial charge in [-0.1, -0.05) is 6.07 Å². The predicted octanol–water partition coefficient (Wildman–Crippen LogP) is 2.42. The van der Waals surface area contributed by atoms with Crippen LogP contribution in [0.5, 0.6) is 0 Å². The molecule has 2 rings (SSSR count). The van der Waals surface area contributed by atoms with E-state index in [1.165, 1.54) is 12.1 Å². The number of thiazole rings is 1. The Hall–Kier alpha value is -1.46. The smallest absolute Gasteiger partial charge is 0.125 e. The fraction of sp³-hybridized carbons (Fsp3) is 0.308. The molecule has 0 saturated heterocycles. The van der Waals surface area contributed by atoms with Crippen molar-refractivity contribution in [3.05, 3.63) is 46.2 Å². The lowest BCUT2D eigenvalue weighted by molar-refractivity contribution is 0.627. The van der Waals surface area contributed by atoms with Crippen LogP contribution in [-0.2, 0) is 13.0 Å². The highest BCUT2D eigenvalue weighted by Gasteiger charge is 2.06. The third kappa shape index (κ3) is 3.27. The summed E-state index contributed by atoms with van der Waals surface area (Å²) in [7, 11) is 1.93. The number of halogens is 1. The van der Waals surface area contributed by atoms with Gasteiger partial charge in [-0.05, 0) is 24.7 Å². The number of hydrogen-bond donors (Lipinski definition) is 1. The highest BCUT2D eigenvalue weighted by atomic mass is 32.1. The Morgan fingerprint density at radius 2 is 2.28 bits per heavy atom. The van der Waals surface area contributed by atoms with Gasteiger partial charge in [-0.15, -0.1) is 11.3 Å². The van der Waals surface area contributed by atoms with Gasteiger partial charge < -0.3 is 10.6 Å². The van der Waals surface area contributed by atoms with Crippen LogP contribution in [0.1, 0.15) is 10.7 Å². The summed E-state index contributed by atoms with van der Waals surface area (Å²) < 4.78 is 13.1. The number of hydrogen-bond acceptors (Lipinski definition) is 4. The van der Waals surface area contributed by atoms with E-state index in [1.807, 2.05) is 23.4 Å². The van der Waals surface area contributed by atoms with Gasteiger partial charge in [0.15, 0.2) is 0 Å². The molecule has 2 N–H and O–H groups in total. The lowest BCUT2D eigenvalue weighted by atomic mass is 10.3. The van der Waals surface area contributed by atoms with E-state index in [1.54, 1.807) is 17.4 Å². The van der Waals surface area contributed by atoms with Gasteiger partial charge in [0.2, 0.25) is 0 Å². The summed E-state index contributed by atoms with van der Waals surface area (Å²) in [4.78, 5) is 6.47. The van der Waals surface area contributed by atoms with Gasteiger partial charge in [0.1, 0.15) is 5.82 Å². The minimum Gasteiger partial charge on any atom is -0.369 e. The molecule has 96 valence electrons. The summed E-state index contributed by atoms with van der Waals surface area (Å²) in [5.41, 5.74) is 7.34. The lowest BCUT2D eigenvalue weighted by Crippen LogP contribution is -2.16. The molecule has 1 aromatic carbocycles. The Kier molecular flexibility index (Phi) is 4.28. The third-order valence-electron chi connectivity index (χ3n) is 2.61. The van der Waals surface area contributed by atoms with E-state index in [-0.39, 0.29) is 5.82 Å². The first-order valence-electron chi connectivity index (χ1n) is 5.79. The van der Waals surface area contributed by atoms with Gasteiger partial charge in [0.05, 0.1) is 17.2 Å². The fourth-order valence-corrected chi connectivity index (χ4v) is 2.51. The first-order chi connectivity index (χ1) is 8.69. The van der Waals surface area contributed by atoms with Crippen LogP contribution in [-0.4, -0.2) is 18.6 Å². The Morgan fingerprint density at radius 3 is 3.00 bits per heavy atom. The van der Waals surface area contributed by atoms with Crippen LogP contribution in [0.2, 0.25) is 0 Å². The highest BCUT2D eigenvalue weighted by molar-refractivity contribution is 7.09. The van der Waals surface area contributed by atoms with Gasteiger partial charge in [-0.3, -0.25) is 0 Å². The molecule has 0 bridgehead atoms. The van der Waals surface area contributed by atoms with Gasteiger partial charge >= 0.3 is 0 Å². The second-order valence-corrected chi connectivity index (χ2v) is 5.05. The summed E-state index contributed by atoms with van der Waals surface area (Å²) >= 11 is 1.62. The zero-order chi connectivity index (χ0) is 13.0. The number of benzene rings is 1. The monoisotopic (exact) mass is 265 g/mol. The van der Waals surface area contributed by atoms with Crippen molar-refractivity contribution < 1.29 is 4.39 Å². The molecule has 0 amide bonds. The third-order valence-corrected chi connectivity index (χ3v) is 3.56. The van der Waals surface area contributed by atoms with Crippen LogP contribution in [0.3, 0.4) is 0 Å². The molecular weight excluding hydrogens is 249 g/mol. The maximum atomic E-state index is 13.1. The van der Waals surface area contributed by atoms with E-state index < -0.39 is 0 Å². The minimum atomic E-state index is -0.221. The summed E-state index contributed by atoms with van der Waals surface area (Å²) in [5.74, 6) is -0.221. The lowest BCUT2D eigenvalue weighted by Gasteiger charge is -2.17. The topological polar surface area (TPSA) is 42.1 Å². The highest BCUT2D eigenvalue weighted by Crippen LogP contribution is 2.18. The van der Waals surface area contributed by atoms with Crippen LogP contribution in [0, 0.1) is 5.82 Å². The second kappa shape index (κ2) is 5.93. The number of nitrogens with zero attached hydrogens (tertiary/aromatic N) is 2. The number of anilines is 1. The van der Waals surface area contributed by atoms with Crippen molar-refractivity contribution in [2.75, 3.05) is 18.5 Å². The van der Waals surface area contributed by atoms with E-state index in [4.69, 9.17) is 5.73 Å². The molecule has 1 aromatic heterocycles. The van der Waals surface area contributed by atoms with Gasteiger partial charge in [0, 0.05) is 24.5 Å². The van der Waals surface area contributed by atoms with E-state index in [0.717, 1.165) is 22.8 Å². The van der Waals surface area contributed by atoms with E-state index in [2.05, 4.69) is 4.98 Å². The molecular formula is C13H16FN3S.